The zero-order valence-corrected chi connectivity index (χ0v) is 16.1. The molecule has 2 aromatic carbocycles. The van der Waals surface area contributed by atoms with Gasteiger partial charge < -0.3 is 4.90 Å². The van der Waals surface area contributed by atoms with E-state index in [9.17, 15) is 4.79 Å². The Morgan fingerprint density at radius 1 is 1.25 bits per heavy atom. The maximum atomic E-state index is 11.8. The number of halogens is 1. The minimum absolute atomic E-state index is 0.101. The summed E-state index contributed by atoms with van der Waals surface area (Å²) in [5.74, 6) is 1.07. The topological polar surface area (TPSA) is 44.7 Å². The Balaban J connectivity index is 1.72. The van der Waals surface area contributed by atoms with E-state index < -0.39 is 0 Å². The molecule has 0 aliphatic carbocycles. The lowest BCUT2D eigenvalue weighted by Crippen LogP contribution is -2.19. The molecule has 0 heterocycles. The van der Waals surface area contributed by atoms with Gasteiger partial charge in [0.15, 0.2) is 0 Å². The normalized spacial score (nSPS) is 10.8. The molecule has 0 unspecified atom stereocenters. The van der Waals surface area contributed by atoms with E-state index in [1.807, 2.05) is 61.5 Å². The van der Waals surface area contributed by atoms with Crippen LogP contribution in [-0.2, 0) is 10.5 Å². The number of rotatable bonds is 7. The van der Waals surface area contributed by atoms with Crippen molar-refractivity contribution in [3.05, 3.63) is 64.1 Å². The molecule has 6 heteroatoms. The minimum atomic E-state index is -0.101. The second kappa shape index (κ2) is 9.49. The third kappa shape index (κ3) is 6.37. The van der Waals surface area contributed by atoms with Crippen molar-refractivity contribution in [2.24, 2.45) is 5.10 Å². The molecule has 4 nitrogen and oxygen atoms in total. The Labute approximate surface area is 155 Å². The lowest BCUT2D eigenvalue weighted by molar-refractivity contribution is -0.118. The van der Waals surface area contributed by atoms with E-state index in [1.165, 1.54) is 5.56 Å². The van der Waals surface area contributed by atoms with Gasteiger partial charge in [0.1, 0.15) is 0 Å². The number of nitrogens with zero attached hydrogens (tertiary/aromatic N) is 2. The van der Waals surface area contributed by atoms with Gasteiger partial charge in [0, 0.05) is 30.0 Å². The summed E-state index contributed by atoms with van der Waals surface area (Å²) in [6.07, 6.45) is 1.65. The molecule has 0 aliphatic heterocycles. The highest BCUT2D eigenvalue weighted by molar-refractivity contribution is 9.10. The van der Waals surface area contributed by atoms with Gasteiger partial charge in [-0.2, -0.15) is 5.10 Å². The molecule has 2 aromatic rings. The zero-order chi connectivity index (χ0) is 17.4. The molecular formula is C18H20BrN3OS. The van der Waals surface area contributed by atoms with Crippen LogP contribution in [0.3, 0.4) is 0 Å². The number of benzene rings is 2. The Hall–Kier alpha value is -1.79. The molecule has 0 spiro atoms. The number of anilines is 1. The highest BCUT2D eigenvalue weighted by atomic mass is 79.9. The fourth-order valence-electron chi connectivity index (χ4n) is 1.96. The number of hydrazone groups is 1. The molecule has 0 atom stereocenters. The van der Waals surface area contributed by atoms with Crippen molar-refractivity contribution in [3.63, 3.8) is 0 Å². The van der Waals surface area contributed by atoms with Gasteiger partial charge in [-0.3, -0.25) is 4.79 Å². The van der Waals surface area contributed by atoms with Crippen molar-refractivity contribution in [3.8, 4) is 0 Å². The van der Waals surface area contributed by atoms with Crippen molar-refractivity contribution >= 4 is 45.5 Å². The molecule has 0 aromatic heterocycles. The molecule has 0 saturated heterocycles. The predicted molar refractivity (Wildman–Crippen MR) is 107 cm³/mol. The number of thioether (sulfide) groups is 1. The molecule has 1 amide bonds. The van der Waals surface area contributed by atoms with E-state index in [1.54, 1.807) is 18.0 Å². The summed E-state index contributed by atoms with van der Waals surface area (Å²) in [7, 11) is 3.99. The first-order chi connectivity index (χ1) is 11.5. The monoisotopic (exact) mass is 405 g/mol. The van der Waals surface area contributed by atoms with Crippen LogP contribution in [0.15, 0.2) is 58.1 Å². The van der Waals surface area contributed by atoms with Crippen molar-refractivity contribution < 1.29 is 4.79 Å². The molecule has 0 bridgehead atoms. The standard InChI is InChI=1S/C18H20BrN3OS/c1-22(2)17-8-6-14(7-9-17)11-20-21-18(23)13-24-12-15-4-3-5-16(19)10-15/h3-11H,12-13H2,1-2H3,(H,21,23)/b20-11-. The van der Waals surface area contributed by atoms with E-state index >= 15 is 0 Å². The summed E-state index contributed by atoms with van der Waals surface area (Å²) in [4.78, 5) is 13.8. The van der Waals surface area contributed by atoms with Crippen molar-refractivity contribution in [2.75, 3.05) is 24.7 Å². The summed E-state index contributed by atoms with van der Waals surface area (Å²) in [5, 5.41) is 4.00. The molecule has 24 heavy (non-hydrogen) atoms. The first kappa shape index (κ1) is 18.5. The van der Waals surface area contributed by atoms with Gasteiger partial charge in [-0.05, 0) is 35.4 Å². The van der Waals surface area contributed by atoms with Crippen LogP contribution in [0.4, 0.5) is 5.69 Å². The van der Waals surface area contributed by atoms with Gasteiger partial charge in [-0.15, -0.1) is 11.8 Å². The second-order valence-corrected chi connectivity index (χ2v) is 7.30. The quantitative estimate of drug-likeness (QED) is 0.561. The summed E-state index contributed by atoms with van der Waals surface area (Å²) in [5.41, 5.74) is 5.81. The van der Waals surface area contributed by atoms with Gasteiger partial charge in [0.2, 0.25) is 5.91 Å². The summed E-state index contributed by atoms with van der Waals surface area (Å²) < 4.78 is 1.05. The minimum Gasteiger partial charge on any atom is -0.378 e. The van der Waals surface area contributed by atoms with Gasteiger partial charge in [-0.1, -0.05) is 40.2 Å². The Bertz CT molecular complexity index is 702. The highest BCUT2D eigenvalue weighted by Crippen LogP contribution is 2.16. The van der Waals surface area contributed by atoms with E-state index in [4.69, 9.17) is 0 Å². The van der Waals surface area contributed by atoms with Crippen molar-refractivity contribution in [2.45, 2.75) is 5.75 Å². The maximum absolute atomic E-state index is 11.8. The van der Waals surface area contributed by atoms with Crippen LogP contribution in [0, 0.1) is 0 Å². The molecular weight excluding hydrogens is 386 g/mol. The summed E-state index contributed by atoms with van der Waals surface area (Å²) >= 11 is 5.00. The van der Waals surface area contributed by atoms with Crippen LogP contribution in [0.25, 0.3) is 0 Å². The Kier molecular flexibility index (Phi) is 7.34. The lowest BCUT2D eigenvalue weighted by atomic mass is 10.2. The van der Waals surface area contributed by atoms with Crippen LogP contribution in [0.2, 0.25) is 0 Å². The molecule has 0 radical (unpaired) electrons. The van der Waals surface area contributed by atoms with Gasteiger partial charge >= 0.3 is 0 Å². The maximum Gasteiger partial charge on any atom is 0.250 e. The molecule has 0 aliphatic rings. The number of amides is 1. The smallest absolute Gasteiger partial charge is 0.250 e. The van der Waals surface area contributed by atoms with Gasteiger partial charge in [-0.25, -0.2) is 5.43 Å². The van der Waals surface area contributed by atoms with E-state index in [0.29, 0.717) is 5.75 Å². The number of carbonyl (C=O) groups is 1. The average Bonchev–Trinajstić information content (AvgIpc) is 2.55. The number of hydrogen-bond donors (Lipinski definition) is 1. The SMILES string of the molecule is CN(C)c1ccc(/C=N\NC(=O)CSCc2cccc(Br)c2)cc1. The highest BCUT2D eigenvalue weighted by Gasteiger charge is 2.01. The van der Waals surface area contributed by atoms with Gasteiger partial charge in [0.25, 0.3) is 0 Å². The van der Waals surface area contributed by atoms with E-state index in [2.05, 4.69) is 32.5 Å². The first-order valence-corrected chi connectivity index (χ1v) is 9.41. The van der Waals surface area contributed by atoms with Crippen LogP contribution < -0.4 is 10.3 Å². The third-order valence-corrected chi connectivity index (χ3v) is 4.70. The fraction of sp³-hybridized carbons (Fsp3) is 0.222. The molecule has 2 rings (SSSR count). The first-order valence-electron chi connectivity index (χ1n) is 7.46. The zero-order valence-electron chi connectivity index (χ0n) is 13.7. The van der Waals surface area contributed by atoms with Crippen LogP contribution in [0.5, 0.6) is 0 Å². The molecule has 0 fully saturated rings. The largest absolute Gasteiger partial charge is 0.378 e. The average molecular weight is 406 g/mol. The number of nitrogens with one attached hydrogen (secondary N) is 1. The van der Waals surface area contributed by atoms with Crippen LogP contribution in [-0.4, -0.2) is 32.0 Å². The molecule has 0 saturated carbocycles. The lowest BCUT2D eigenvalue weighted by Gasteiger charge is -2.11. The predicted octanol–water partition coefficient (Wildman–Crippen LogP) is 3.90. The molecule has 126 valence electrons. The number of hydrogen-bond acceptors (Lipinski definition) is 4. The van der Waals surface area contributed by atoms with Crippen LogP contribution >= 0.6 is 27.7 Å². The summed E-state index contributed by atoms with van der Waals surface area (Å²) in [6, 6.07) is 16.0. The Morgan fingerprint density at radius 2 is 2.00 bits per heavy atom. The fourth-order valence-corrected chi connectivity index (χ4v) is 3.17. The third-order valence-electron chi connectivity index (χ3n) is 3.20. The molecule has 1 N–H and O–H groups in total. The van der Waals surface area contributed by atoms with Crippen molar-refractivity contribution in [1.82, 2.24) is 5.43 Å². The van der Waals surface area contributed by atoms with E-state index in [0.717, 1.165) is 21.5 Å². The summed E-state index contributed by atoms with van der Waals surface area (Å²) in [6.45, 7) is 0. The van der Waals surface area contributed by atoms with Crippen LogP contribution in [0.1, 0.15) is 11.1 Å². The van der Waals surface area contributed by atoms with Crippen molar-refractivity contribution in [1.29, 1.82) is 0 Å². The van der Waals surface area contributed by atoms with E-state index in [-0.39, 0.29) is 5.91 Å². The number of carbonyl (C=O) groups excluding carboxylic acids is 1. The Morgan fingerprint density at radius 3 is 2.67 bits per heavy atom. The second-order valence-electron chi connectivity index (χ2n) is 5.40. The van der Waals surface area contributed by atoms with Gasteiger partial charge in [0.05, 0.1) is 12.0 Å².